The van der Waals surface area contributed by atoms with Crippen LogP contribution < -0.4 is 10.6 Å². The highest BCUT2D eigenvalue weighted by atomic mass is 79.9. The summed E-state index contributed by atoms with van der Waals surface area (Å²) < 4.78 is 29.0. The van der Waals surface area contributed by atoms with Crippen molar-refractivity contribution in [2.45, 2.75) is 0 Å². The van der Waals surface area contributed by atoms with Crippen LogP contribution >= 0.6 is 43.2 Å². The monoisotopic (exact) mass is 591 g/mol. The number of nitrogens with one attached hydrogen (secondary N) is 2. The number of amides is 2. The van der Waals surface area contributed by atoms with Crippen LogP contribution in [0, 0.1) is 11.6 Å². The van der Waals surface area contributed by atoms with Gasteiger partial charge in [-0.25, -0.2) is 13.8 Å². The molecule has 166 valence electrons. The fourth-order valence-corrected chi connectivity index (χ4v) is 4.28. The first-order valence-corrected chi connectivity index (χ1v) is 11.9. The van der Waals surface area contributed by atoms with Crippen molar-refractivity contribution < 1.29 is 18.4 Å². The Hall–Kier alpha value is -2.95. The first-order valence-electron chi connectivity index (χ1n) is 9.39. The highest BCUT2D eigenvalue weighted by molar-refractivity contribution is 9.10. The van der Waals surface area contributed by atoms with Gasteiger partial charge >= 0.3 is 0 Å². The van der Waals surface area contributed by atoms with E-state index in [9.17, 15) is 18.4 Å². The third kappa shape index (κ3) is 5.52. The van der Waals surface area contributed by atoms with Crippen molar-refractivity contribution in [2.75, 3.05) is 10.6 Å². The molecule has 0 radical (unpaired) electrons. The molecular weight excluding hydrogens is 580 g/mol. The normalized spacial score (nSPS) is 10.7. The molecule has 10 heteroatoms. The second-order valence-corrected chi connectivity index (χ2v) is 9.46. The Balaban J connectivity index is 1.43. The summed E-state index contributed by atoms with van der Waals surface area (Å²) in [6.07, 6.45) is 0. The van der Waals surface area contributed by atoms with E-state index < -0.39 is 23.4 Å². The van der Waals surface area contributed by atoms with Crippen LogP contribution in [-0.4, -0.2) is 16.8 Å². The van der Waals surface area contributed by atoms with Crippen LogP contribution in [0.4, 0.5) is 19.6 Å². The topological polar surface area (TPSA) is 71.1 Å². The number of thiazole rings is 1. The van der Waals surface area contributed by atoms with Gasteiger partial charge in [-0.3, -0.25) is 14.9 Å². The molecule has 1 heterocycles. The number of carbonyl (C=O) groups excluding carboxylic acids is 2. The van der Waals surface area contributed by atoms with Crippen LogP contribution in [0.1, 0.15) is 20.7 Å². The van der Waals surface area contributed by atoms with Crippen LogP contribution in [0.3, 0.4) is 0 Å². The zero-order chi connectivity index (χ0) is 23.5. The van der Waals surface area contributed by atoms with Crippen molar-refractivity contribution in [1.29, 1.82) is 0 Å². The molecule has 2 N–H and O–H groups in total. The van der Waals surface area contributed by atoms with E-state index in [-0.39, 0.29) is 11.1 Å². The summed E-state index contributed by atoms with van der Waals surface area (Å²) in [4.78, 5) is 29.0. The Morgan fingerprint density at radius 2 is 1.33 bits per heavy atom. The number of benzene rings is 3. The molecule has 0 aliphatic heterocycles. The van der Waals surface area contributed by atoms with Gasteiger partial charge in [0.25, 0.3) is 11.8 Å². The molecule has 2 amide bonds. The third-order valence-electron chi connectivity index (χ3n) is 4.51. The zero-order valence-corrected chi connectivity index (χ0v) is 20.5. The van der Waals surface area contributed by atoms with Crippen molar-refractivity contribution in [1.82, 2.24) is 4.98 Å². The summed E-state index contributed by atoms with van der Waals surface area (Å²) in [6.45, 7) is 0. The van der Waals surface area contributed by atoms with Gasteiger partial charge in [0.15, 0.2) is 5.13 Å². The van der Waals surface area contributed by atoms with E-state index in [1.807, 2.05) is 0 Å². The molecule has 0 unspecified atom stereocenters. The predicted molar refractivity (Wildman–Crippen MR) is 132 cm³/mol. The van der Waals surface area contributed by atoms with Crippen molar-refractivity contribution in [3.8, 4) is 11.3 Å². The van der Waals surface area contributed by atoms with Crippen LogP contribution in [-0.2, 0) is 0 Å². The van der Waals surface area contributed by atoms with Crippen molar-refractivity contribution in [3.05, 3.63) is 97.8 Å². The van der Waals surface area contributed by atoms with Crippen LogP contribution in [0.5, 0.6) is 0 Å². The minimum absolute atomic E-state index is 0.0654. The highest BCUT2D eigenvalue weighted by Crippen LogP contribution is 2.27. The molecule has 4 rings (SSSR count). The van der Waals surface area contributed by atoms with Gasteiger partial charge in [-0.2, -0.15) is 0 Å². The number of rotatable bonds is 5. The van der Waals surface area contributed by atoms with Gasteiger partial charge in [0.1, 0.15) is 11.6 Å². The minimum atomic E-state index is -0.640. The summed E-state index contributed by atoms with van der Waals surface area (Å²) in [5.41, 5.74) is 1.68. The standard InChI is InChI=1S/C23H13Br2F2N3O2S/c24-13-3-7-16(18(26)9-13)21(31)28-15-5-1-12(2-6-15)20-11-33-23(29-20)30-22(32)17-8-4-14(25)10-19(17)27/h1-11H,(H,28,31)(H,29,30,32). The largest absolute Gasteiger partial charge is 0.322 e. The molecule has 0 spiro atoms. The Morgan fingerprint density at radius 1 is 0.788 bits per heavy atom. The number of carbonyl (C=O) groups is 2. The van der Waals surface area contributed by atoms with E-state index in [0.717, 1.165) is 5.56 Å². The Kier molecular flexibility index (Phi) is 6.96. The summed E-state index contributed by atoms with van der Waals surface area (Å²) in [5.74, 6) is -2.43. The Labute approximate surface area is 208 Å². The number of hydrogen-bond acceptors (Lipinski definition) is 4. The lowest BCUT2D eigenvalue weighted by Crippen LogP contribution is -2.13. The predicted octanol–water partition coefficient (Wildman–Crippen LogP) is 7.12. The molecule has 33 heavy (non-hydrogen) atoms. The summed E-state index contributed by atoms with van der Waals surface area (Å²) in [7, 11) is 0. The lowest BCUT2D eigenvalue weighted by Gasteiger charge is -2.07. The second-order valence-electron chi connectivity index (χ2n) is 6.77. The molecule has 5 nitrogen and oxygen atoms in total. The molecule has 1 aromatic heterocycles. The number of hydrogen-bond donors (Lipinski definition) is 2. The molecule has 4 aromatic rings. The fraction of sp³-hybridized carbons (Fsp3) is 0. The van der Waals surface area contributed by atoms with Gasteiger partial charge in [-0.15, -0.1) is 11.3 Å². The van der Waals surface area contributed by atoms with E-state index in [2.05, 4.69) is 47.5 Å². The van der Waals surface area contributed by atoms with Crippen LogP contribution in [0.25, 0.3) is 11.3 Å². The summed E-state index contributed by atoms with van der Waals surface area (Å²) in [5, 5.41) is 7.31. The molecular formula is C23H13Br2F2N3O2S. The van der Waals surface area contributed by atoms with E-state index in [4.69, 9.17) is 0 Å². The van der Waals surface area contributed by atoms with Crippen LogP contribution in [0.2, 0.25) is 0 Å². The highest BCUT2D eigenvalue weighted by Gasteiger charge is 2.15. The number of nitrogens with zero attached hydrogens (tertiary/aromatic N) is 1. The number of halogens is 4. The molecule has 0 fully saturated rings. The van der Waals surface area contributed by atoms with Gasteiger partial charge in [0, 0.05) is 25.6 Å². The second kappa shape index (κ2) is 9.90. The maximum atomic E-state index is 14.0. The summed E-state index contributed by atoms with van der Waals surface area (Å²) in [6, 6.07) is 15.2. The van der Waals surface area contributed by atoms with E-state index in [1.54, 1.807) is 41.8 Å². The van der Waals surface area contributed by atoms with Crippen molar-refractivity contribution in [3.63, 3.8) is 0 Å². The average Bonchev–Trinajstić information content (AvgIpc) is 3.22. The van der Waals surface area contributed by atoms with Gasteiger partial charge in [-0.05, 0) is 48.5 Å². The van der Waals surface area contributed by atoms with E-state index >= 15 is 0 Å². The average molecular weight is 593 g/mol. The quantitative estimate of drug-likeness (QED) is 0.259. The lowest BCUT2D eigenvalue weighted by atomic mass is 10.1. The van der Waals surface area contributed by atoms with E-state index in [1.165, 1.54) is 35.6 Å². The molecule has 0 aliphatic carbocycles. The van der Waals surface area contributed by atoms with Gasteiger partial charge in [-0.1, -0.05) is 44.0 Å². The third-order valence-corrected chi connectivity index (χ3v) is 6.26. The molecule has 0 bridgehead atoms. The number of anilines is 2. The molecule has 0 saturated heterocycles. The maximum Gasteiger partial charge on any atom is 0.260 e. The zero-order valence-electron chi connectivity index (χ0n) is 16.5. The smallest absolute Gasteiger partial charge is 0.260 e. The van der Waals surface area contributed by atoms with Crippen LogP contribution in [0.15, 0.2) is 75.0 Å². The first-order chi connectivity index (χ1) is 15.8. The Bertz CT molecular complexity index is 1360. The lowest BCUT2D eigenvalue weighted by molar-refractivity contribution is 0.101. The molecule has 0 aliphatic rings. The van der Waals surface area contributed by atoms with Gasteiger partial charge in [0.2, 0.25) is 0 Å². The molecule has 0 saturated carbocycles. The van der Waals surface area contributed by atoms with E-state index in [0.29, 0.717) is 25.5 Å². The fourth-order valence-electron chi connectivity index (χ4n) is 2.90. The number of aromatic nitrogens is 1. The minimum Gasteiger partial charge on any atom is -0.322 e. The maximum absolute atomic E-state index is 14.0. The summed E-state index contributed by atoms with van der Waals surface area (Å²) >= 11 is 7.51. The molecule has 3 aromatic carbocycles. The van der Waals surface area contributed by atoms with Gasteiger partial charge in [0.05, 0.1) is 16.8 Å². The van der Waals surface area contributed by atoms with Gasteiger partial charge < -0.3 is 5.32 Å². The first kappa shape index (κ1) is 23.2. The SMILES string of the molecule is O=C(Nc1ccc(-c2csc(NC(=O)c3ccc(Br)cc3F)n2)cc1)c1ccc(Br)cc1F. The van der Waals surface area contributed by atoms with Crippen molar-refractivity contribution in [2.24, 2.45) is 0 Å². The van der Waals surface area contributed by atoms with Crippen molar-refractivity contribution >= 4 is 65.8 Å². The molecule has 0 atom stereocenters. The Morgan fingerprint density at radius 3 is 1.88 bits per heavy atom.